The first-order valence-electron chi connectivity index (χ1n) is 22.9. The van der Waals surface area contributed by atoms with Crippen molar-refractivity contribution in [1.29, 1.82) is 0 Å². The summed E-state index contributed by atoms with van der Waals surface area (Å²) in [4.78, 5) is 23.1. The maximum absolute atomic E-state index is 12.9. The first-order valence-corrected chi connectivity index (χ1v) is 24.4. The Bertz CT molecular complexity index is 995. The number of nitrogens with zero attached hydrogens (tertiary/aromatic N) is 1. The van der Waals surface area contributed by atoms with Crippen LogP contribution in [-0.2, 0) is 18.4 Å². The Balaban J connectivity index is 4.46. The molecule has 0 rings (SSSR count). The van der Waals surface area contributed by atoms with Crippen LogP contribution in [0.4, 0.5) is 0 Å². The van der Waals surface area contributed by atoms with Gasteiger partial charge < -0.3 is 19.8 Å². The molecular formula is C46H90N2O6P+. The van der Waals surface area contributed by atoms with Crippen LogP contribution in [0.5, 0.6) is 0 Å². The molecule has 0 aliphatic heterocycles. The Kier molecular flexibility index (Phi) is 37.4. The van der Waals surface area contributed by atoms with E-state index >= 15 is 0 Å². The van der Waals surface area contributed by atoms with Crippen molar-refractivity contribution >= 4 is 13.7 Å². The number of aliphatic hydroxyl groups excluding tert-OH is 1. The molecule has 3 unspecified atom stereocenters. The van der Waals surface area contributed by atoms with Crippen LogP contribution in [0.25, 0.3) is 0 Å². The monoisotopic (exact) mass is 798 g/mol. The van der Waals surface area contributed by atoms with E-state index in [0.29, 0.717) is 17.4 Å². The summed E-state index contributed by atoms with van der Waals surface area (Å²) < 4.78 is 23.5. The smallest absolute Gasteiger partial charge is 0.387 e. The summed E-state index contributed by atoms with van der Waals surface area (Å²) in [5.74, 6) is -0.193. The molecule has 3 N–H and O–H groups in total. The molecule has 0 bridgehead atoms. The number of rotatable bonds is 41. The number of allylic oxidation sites excluding steroid dienone is 5. The number of nitrogens with one attached hydrogen (secondary N) is 1. The van der Waals surface area contributed by atoms with Crippen LogP contribution in [0.3, 0.4) is 0 Å². The number of quaternary nitrogens is 1. The lowest BCUT2D eigenvalue weighted by Crippen LogP contribution is -2.45. The highest BCUT2D eigenvalue weighted by atomic mass is 31.2. The number of phosphoric acid groups is 1. The Morgan fingerprint density at radius 3 is 1.47 bits per heavy atom. The first kappa shape index (κ1) is 53.7. The second-order valence-electron chi connectivity index (χ2n) is 16.8. The average molecular weight is 798 g/mol. The summed E-state index contributed by atoms with van der Waals surface area (Å²) in [6, 6.07) is -0.863. The minimum absolute atomic E-state index is 0.0554. The minimum Gasteiger partial charge on any atom is -0.387 e. The van der Waals surface area contributed by atoms with Crippen molar-refractivity contribution in [2.45, 2.75) is 212 Å². The van der Waals surface area contributed by atoms with E-state index in [1.807, 2.05) is 27.2 Å². The molecule has 1 amide bonds. The van der Waals surface area contributed by atoms with Gasteiger partial charge in [-0.1, -0.05) is 172 Å². The SMILES string of the molecule is CCCCCC/C=C\CCCCCCCCCC(=O)NC(COP(=O)(O)OCC[N+](C)(C)C)C(O)/C=C/CC/C=C/CCCCCCCCCCCCCC. The highest BCUT2D eigenvalue weighted by Gasteiger charge is 2.27. The Morgan fingerprint density at radius 2 is 1.00 bits per heavy atom. The number of hydrogen-bond acceptors (Lipinski definition) is 5. The van der Waals surface area contributed by atoms with E-state index in [9.17, 15) is 19.4 Å². The van der Waals surface area contributed by atoms with Crippen molar-refractivity contribution < 1.29 is 32.9 Å². The predicted octanol–water partition coefficient (Wildman–Crippen LogP) is 12.7. The van der Waals surface area contributed by atoms with Gasteiger partial charge in [0.2, 0.25) is 5.91 Å². The van der Waals surface area contributed by atoms with Crippen LogP contribution in [0, 0.1) is 0 Å². The molecule has 0 spiro atoms. The van der Waals surface area contributed by atoms with Crippen molar-refractivity contribution in [2.75, 3.05) is 40.9 Å². The molecule has 0 heterocycles. The molecule has 0 radical (unpaired) electrons. The van der Waals surface area contributed by atoms with Crippen molar-refractivity contribution in [3.63, 3.8) is 0 Å². The largest absolute Gasteiger partial charge is 0.472 e. The highest BCUT2D eigenvalue weighted by molar-refractivity contribution is 7.47. The fourth-order valence-corrected chi connectivity index (χ4v) is 7.14. The number of likely N-dealkylation sites (N-methyl/N-ethyl adjacent to an activating group) is 1. The normalized spacial score (nSPS) is 14.7. The van der Waals surface area contributed by atoms with Gasteiger partial charge in [0.15, 0.2) is 0 Å². The molecule has 8 nitrogen and oxygen atoms in total. The molecule has 0 aliphatic carbocycles. The van der Waals surface area contributed by atoms with Gasteiger partial charge in [0.1, 0.15) is 13.2 Å². The lowest BCUT2D eigenvalue weighted by Gasteiger charge is -2.25. The third-order valence-electron chi connectivity index (χ3n) is 10.1. The fourth-order valence-electron chi connectivity index (χ4n) is 6.40. The molecule has 0 aliphatic rings. The molecule has 9 heteroatoms. The Hall–Kier alpha value is -1.28. The quantitative estimate of drug-likeness (QED) is 0.0246. The van der Waals surface area contributed by atoms with E-state index in [0.717, 1.165) is 38.5 Å². The van der Waals surface area contributed by atoms with Crippen LogP contribution in [0.2, 0.25) is 0 Å². The van der Waals surface area contributed by atoms with E-state index < -0.39 is 20.0 Å². The Labute approximate surface area is 340 Å². The summed E-state index contributed by atoms with van der Waals surface area (Å²) in [5.41, 5.74) is 0. The standard InChI is InChI=1S/C46H89N2O6P/c1-6-8-10-12-14-16-18-20-22-23-24-26-27-29-31-33-35-37-39-45(49)44(43-54-55(51,52)53-42-41-48(3,4)5)47-46(50)40-38-36-34-32-30-28-25-21-19-17-15-13-11-9-7-2/h17,19,29,31,37,39,44-45,49H,6-16,18,20-28,30,32-36,38,40-43H2,1-5H3,(H-,47,50,51,52)/p+1/b19-17-,31-29+,39-37+. The number of unbranched alkanes of at least 4 members (excludes halogenated alkanes) is 24. The van der Waals surface area contributed by atoms with Gasteiger partial charge in [-0.2, -0.15) is 0 Å². The van der Waals surface area contributed by atoms with Gasteiger partial charge in [0.05, 0.1) is 39.9 Å². The first-order chi connectivity index (χ1) is 26.5. The third-order valence-corrected chi connectivity index (χ3v) is 11.1. The van der Waals surface area contributed by atoms with Crippen LogP contribution < -0.4 is 5.32 Å². The van der Waals surface area contributed by atoms with E-state index in [1.165, 1.54) is 141 Å². The van der Waals surface area contributed by atoms with E-state index in [-0.39, 0.29) is 19.1 Å². The van der Waals surface area contributed by atoms with E-state index in [2.05, 4.69) is 43.5 Å². The Morgan fingerprint density at radius 1 is 0.600 bits per heavy atom. The van der Waals surface area contributed by atoms with Crippen molar-refractivity contribution in [2.24, 2.45) is 0 Å². The molecule has 0 fully saturated rings. The second-order valence-corrected chi connectivity index (χ2v) is 18.2. The summed E-state index contributed by atoms with van der Waals surface area (Å²) in [7, 11) is 1.55. The molecule has 0 saturated carbocycles. The van der Waals surface area contributed by atoms with Crippen LogP contribution >= 0.6 is 7.82 Å². The van der Waals surface area contributed by atoms with Gasteiger partial charge in [-0.25, -0.2) is 4.57 Å². The highest BCUT2D eigenvalue weighted by Crippen LogP contribution is 2.43. The van der Waals surface area contributed by atoms with Crippen molar-refractivity contribution in [3.8, 4) is 0 Å². The predicted molar refractivity (Wildman–Crippen MR) is 235 cm³/mol. The number of amides is 1. The molecule has 0 aromatic heterocycles. The number of carbonyl (C=O) groups is 1. The third kappa shape index (κ3) is 40.7. The number of carbonyl (C=O) groups excluding carboxylic acids is 1. The van der Waals surface area contributed by atoms with Crippen molar-refractivity contribution in [1.82, 2.24) is 5.32 Å². The lowest BCUT2D eigenvalue weighted by molar-refractivity contribution is -0.870. The topological polar surface area (TPSA) is 105 Å². The van der Waals surface area contributed by atoms with Gasteiger partial charge in [-0.3, -0.25) is 13.8 Å². The average Bonchev–Trinajstić information content (AvgIpc) is 3.13. The summed E-state index contributed by atoms with van der Waals surface area (Å²) in [5, 5.41) is 13.8. The zero-order valence-corrected chi connectivity index (χ0v) is 37.6. The van der Waals surface area contributed by atoms with Gasteiger partial charge in [0.25, 0.3) is 0 Å². The van der Waals surface area contributed by atoms with Gasteiger partial charge in [-0.15, -0.1) is 0 Å². The molecule has 0 saturated heterocycles. The van der Waals surface area contributed by atoms with Gasteiger partial charge in [-0.05, 0) is 57.8 Å². The molecule has 0 aromatic carbocycles. The van der Waals surface area contributed by atoms with Crippen LogP contribution in [-0.4, -0.2) is 73.4 Å². The van der Waals surface area contributed by atoms with E-state index in [4.69, 9.17) is 9.05 Å². The zero-order valence-electron chi connectivity index (χ0n) is 36.7. The molecule has 3 atom stereocenters. The summed E-state index contributed by atoms with van der Waals surface area (Å²) in [6.45, 7) is 4.78. The molecular weight excluding hydrogens is 707 g/mol. The van der Waals surface area contributed by atoms with Crippen molar-refractivity contribution in [3.05, 3.63) is 36.5 Å². The van der Waals surface area contributed by atoms with Crippen LogP contribution in [0.15, 0.2) is 36.5 Å². The maximum Gasteiger partial charge on any atom is 0.472 e. The van der Waals surface area contributed by atoms with E-state index in [1.54, 1.807) is 6.08 Å². The fraction of sp³-hybridized carbons (Fsp3) is 0.848. The number of phosphoric ester groups is 1. The van der Waals surface area contributed by atoms with Crippen LogP contribution in [0.1, 0.15) is 200 Å². The molecule has 324 valence electrons. The summed E-state index contributed by atoms with van der Waals surface area (Å²) in [6.07, 6.45) is 46.4. The maximum atomic E-state index is 12.9. The second kappa shape index (κ2) is 38.2. The summed E-state index contributed by atoms with van der Waals surface area (Å²) >= 11 is 0. The number of aliphatic hydroxyl groups is 1. The molecule has 0 aromatic rings. The van der Waals surface area contributed by atoms with Gasteiger partial charge >= 0.3 is 7.82 Å². The number of hydrogen-bond donors (Lipinski definition) is 3. The minimum atomic E-state index is -4.34. The van der Waals surface area contributed by atoms with Gasteiger partial charge in [0, 0.05) is 6.42 Å². The molecule has 55 heavy (non-hydrogen) atoms. The zero-order chi connectivity index (χ0) is 40.7. The lowest BCUT2D eigenvalue weighted by atomic mass is 10.0.